The highest BCUT2D eigenvalue weighted by atomic mass is 15.1. The van der Waals surface area contributed by atoms with Crippen LogP contribution in [0.15, 0.2) is 12.4 Å². The van der Waals surface area contributed by atoms with Crippen molar-refractivity contribution >= 4 is 5.95 Å². The van der Waals surface area contributed by atoms with E-state index in [-0.39, 0.29) is 0 Å². The molecule has 3 N–H and O–H groups in total. The van der Waals surface area contributed by atoms with Gasteiger partial charge in [0.15, 0.2) is 0 Å². The van der Waals surface area contributed by atoms with Crippen LogP contribution in [0.2, 0.25) is 0 Å². The van der Waals surface area contributed by atoms with Gasteiger partial charge in [-0.15, -0.1) is 0 Å². The van der Waals surface area contributed by atoms with E-state index in [1.54, 1.807) is 0 Å². The molecule has 0 bridgehead atoms. The van der Waals surface area contributed by atoms with Crippen LogP contribution in [0.3, 0.4) is 0 Å². The van der Waals surface area contributed by atoms with E-state index >= 15 is 0 Å². The zero-order valence-electron chi connectivity index (χ0n) is 7.25. The van der Waals surface area contributed by atoms with E-state index in [9.17, 15) is 0 Å². The molecule has 1 heterocycles. The quantitative estimate of drug-likeness (QED) is 0.680. The van der Waals surface area contributed by atoms with Crippen LogP contribution < -0.4 is 11.1 Å². The predicted molar refractivity (Wildman–Crippen MR) is 49.0 cm³/mol. The van der Waals surface area contributed by atoms with Gasteiger partial charge >= 0.3 is 0 Å². The second-order valence-corrected chi connectivity index (χ2v) is 2.48. The first kappa shape index (κ1) is 8.93. The van der Waals surface area contributed by atoms with Crippen molar-refractivity contribution < 1.29 is 0 Å². The monoisotopic (exact) mass is 166 g/mol. The van der Waals surface area contributed by atoms with E-state index < -0.39 is 0 Å². The highest BCUT2D eigenvalue weighted by Crippen LogP contribution is 1.99. The maximum Gasteiger partial charge on any atom is 0.222 e. The molecule has 0 aliphatic carbocycles. The van der Waals surface area contributed by atoms with Crippen molar-refractivity contribution in [3.63, 3.8) is 0 Å². The fraction of sp³-hybridized carbons (Fsp3) is 0.500. The van der Waals surface area contributed by atoms with E-state index in [0.717, 1.165) is 12.0 Å². The Morgan fingerprint density at radius 1 is 1.42 bits per heavy atom. The zero-order chi connectivity index (χ0) is 8.81. The summed E-state index contributed by atoms with van der Waals surface area (Å²) in [6, 6.07) is 0. The van der Waals surface area contributed by atoms with E-state index in [1.807, 2.05) is 12.4 Å². The number of rotatable bonds is 4. The van der Waals surface area contributed by atoms with Gasteiger partial charge in [-0.05, 0) is 12.0 Å². The number of anilines is 1. The van der Waals surface area contributed by atoms with Crippen molar-refractivity contribution in [3.8, 4) is 0 Å². The molecule has 0 aromatic carbocycles. The minimum absolute atomic E-state index is 0.596. The SMILES string of the molecule is CCc1cnc(NCCN)nc1. The number of aromatic nitrogens is 2. The lowest BCUT2D eigenvalue weighted by atomic mass is 10.3. The summed E-state index contributed by atoms with van der Waals surface area (Å²) in [5.41, 5.74) is 6.46. The molecule has 1 rings (SSSR count). The molecule has 0 atom stereocenters. The summed E-state index contributed by atoms with van der Waals surface area (Å²) < 4.78 is 0. The lowest BCUT2D eigenvalue weighted by molar-refractivity contribution is 0.974. The van der Waals surface area contributed by atoms with Gasteiger partial charge in [0.05, 0.1) is 0 Å². The van der Waals surface area contributed by atoms with Gasteiger partial charge in [0.25, 0.3) is 0 Å². The fourth-order valence-electron chi connectivity index (χ4n) is 0.813. The third-order valence-corrected chi connectivity index (χ3v) is 1.54. The van der Waals surface area contributed by atoms with Gasteiger partial charge in [-0.2, -0.15) is 0 Å². The minimum atomic E-state index is 0.596. The average Bonchev–Trinajstić information content (AvgIpc) is 2.15. The standard InChI is InChI=1S/C8H14N4/c1-2-7-5-11-8(12-6-7)10-4-3-9/h5-6H,2-4,9H2,1H3,(H,10,11,12). The topological polar surface area (TPSA) is 63.8 Å². The maximum atomic E-state index is 5.31. The first-order valence-electron chi connectivity index (χ1n) is 4.11. The van der Waals surface area contributed by atoms with Gasteiger partial charge in [-0.1, -0.05) is 6.92 Å². The molecule has 1 aromatic heterocycles. The maximum absolute atomic E-state index is 5.31. The average molecular weight is 166 g/mol. The van der Waals surface area contributed by atoms with Crippen LogP contribution in [-0.4, -0.2) is 23.1 Å². The van der Waals surface area contributed by atoms with Crippen LogP contribution in [0, 0.1) is 0 Å². The molecule has 66 valence electrons. The molecule has 1 aromatic rings. The first-order chi connectivity index (χ1) is 5.86. The Balaban J connectivity index is 2.53. The highest BCUT2D eigenvalue weighted by molar-refractivity contribution is 5.24. The molecule has 0 aliphatic rings. The summed E-state index contributed by atoms with van der Waals surface area (Å²) in [5, 5.41) is 3.00. The lowest BCUT2D eigenvalue weighted by Crippen LogP contribution is -2.14. The Morgan fingerprint density at radius 3 is 2.58 bits per heavy atom. The van der Waals surface area contributed by atoms with Gasteiger partial charge in [0, 0.05) is 25.5 Å². The van der Waals surface area contributed by atoms with Crippen LogP contribution in [0.1, 0.15) is 12.5 Å². The van der Waals surface area contributed by atoms with Crippen molar-refractivity contribution in [1.29, 1.82) is 0 Å². The summed E-state index contributed by atoms with van der Waals surface area (Å²) in [6.45, 7) is 3.38. The first-order valence-corrected chi connectivity index (χ1v) is 4.11. The largest absolute Gasteiger partial charge is 0.353 e. The summed E-state index contributed by atoms with van der Waals surface area (Å²) in [7, 11) is 0. The highest BCUT2D eigenvalue weighted by Gasteiger charge is 1.93. The molecule has 0 fully saturated rings. The van der Waals surface area contributed by atoms with Crippen molar-refractivity contribution in [2.45, 2.75) is 13.3 Å². The molecule has 4 nitrogen and oxygen atoms in total. The molecular formula is C8H14N4. The summed E-state index contributed by atoms with van der Waals surface area (Å²) >= 11 is 0. The number of aryl methyl sites for hydroxylation is 1. The number of nitrogens with zero attached hydrogens (tertiary/aromatic N) is 2. The summed E-state index contributed by atoms with van der Waals surface area (Å²) in [5.74, 6) is 0.651. The van der Waals surface area contributed by atoms with Crippen LogP contribution in [-0.2, 0) is 6.42 Å². The van der Waals surface area contributed by atoms with E-state index in [2.05, 4.69) is 22.2 Å². The van der Waals surface area contributed by atoms with Crippen LogP contribution in [0.5, 0.6) is 0 Å². The number of hydrogen-bond donors (Lipinski definition) is 2. The van der Waals surface area contributed by atoms with Gasteiger partial charge < -0.3 is 11.1 Å². The van der Waals surface area contributed by atoms with Crippen molar-refractivity contribution in [3.05, 3.63) is 18.0 Å². The Bertz CT molecular complexity index is 219. The Morgan fingerprint density at radius 2 is 2.08 bits per heavy atom. The van der Waals surface area contributed by atoms with E-state index in [1.165, 1.54) is 0 Å². The normalized spacial score (nSPS) is 9.83. The van der Waals surface area contributed by atoms with Gasteiger partial charge in [0.1, 0.15) is 0 Å². The fourth-order valence-corrected chi connectivity index (χ4v) is 0.813. The smallest absolute Gasteiger partial charge is 0.222 e. The molecule has 0 radical (unpaired) electrons. The number of nitrogens with two attached hydrogens (primary N) is 1. The van der Waals surface area contributed by atoms with Crippen LogP contribution in [0.25, 0.3) is 0 Å². The van der Waals surface area contributed by atoms with Crippen molar-refractivity contribution in [2.75, 3.05) is 18.4 Å². The van der Waals surface area contributed by atoms with Gasteiger partial charge in [-0.25, -0.2) is 9.97 Å². The molecule has 0 saturated carbocycles. The number of hydrogen-bond acceptors (Lipinski definition) is 4. The Labute approximate surface area is 72.2 Å². The molecule has 0 saturated heterocycles. The zero-order valence-corrected chi connectivity index (χ0v) is 7.25. The van der Waals surface area contributed by atoms with E-state index in [4.69, 9.17) is 5.73 Å². The van der Waals surface area contributed by atoms with Crippen LogP contribution in [0.4, 0.5) is 5.95 Å². The molecule has 0 spiro atoms. The Kier molecular flexibility index (Phi) is 3.47. The molecule has 12 heavy (non-hydrogen) atoms. The Hall–Kier alpha value is -1.16. The molecule has 0 unspecified atom stereocenters. The van der Waals surface area contributed by atoms with Gasteiger partial charge in [0.2, 0.25) is 5.95 Å². The second-order valence-electron chi connectivity index (χ2n) is 2.48. The molecule has 0 aliphatic heterocycles. The van der Waals surface area contributed by atoms with Gasteiger partial charge in [-0.3, -0.25) is 0 Å². The third kappa shape index (κ3) is 2.47. The van der Waals surface area contributed by atoms with Crippen molar-refractivity contribution in [2.24, 2.45) is 5.73 Å². The lowest BCUT2D eigenvalue weighted by Gasteiger charge is -2.01. The summed E-state index contributed by atoms with van der Waals surface area (Å²) in [6.07, 6.45) is 4.62. The van der Waals surface area contributed by atoms with Crippen LogP contribution >= 0.6 is 0 Å². The predicted octanol–water partition coefficient (Wildman–Crippen LogP) is 0.410. The summed E-state index contributed by atoms with van der Waals surface area (Å²) in [4.78, 5) is 8.22. The molecular weight excluding hydrogens is 152 g/mol. The van der Waals surface area contributed by atoms with Crippen molar-refractivity contribution in [1.82, 2.24) is 9.97 Å². The third-order valence-electron chi connectivity index (χ3n) is 1.54. The van der Waals surface area contributed by atoms with E-state index in [0.29, 0.717) is 19.0 Å². The second kappa shape index (κ2) is 4.66. The minimum Gasteiger partial charge on any atom is -0.353 e. The molecule has 4 heteroatoms. The number of nitrogens with one attached hydrogen (secondary N) is 1. The molecule has 0 amide bonds.